The van der Waals surface area contributed by atoms with Crippen LogP contribution < -0.4 is 16.4 Å². The van der Waals surface area contributed by atoms with Crippen molar-refractivity contribution in [3.8, 4) is 0 Å². The molecule has 2 amide bonds. The number of amides is 2. The van der Waals surface area contributed by atoms with Gasteiger partial charge in [-0.3, -0.25) is 10.7 Å². The van der Waals surface area contributed by atoms with E-state index in [4.69, 9.17) is 11.1 Å². The molecule has 0 aromatic heterocycles. The first-order valence-corrected chi connectivity index (χ1v) is 2.94. The normalized spacial score (nSPS) is 9.10. The SMILES string of the molecule is CC(C)NC(=N)NC(N)=O. The Labute approximate surface area is 59.5 Å². The quantitative estimate of drug-likeness (QED) is 0.297. The van der Waals surface area contributed by atoms with Crippen LogP contribution in [0.4, 0.5) is 4.79 Å². The number of primary amides is 1. The van der Waals surface area contributed by atoms with Crippen molar-refractivity contribution in [2.24, 2.45) is 5.73 Å². The van der Waals surface area contributed by atoms with E-state index in [1.165, 1.54) is 0 Å². The molecule has 0 fully saturated rings. The lowest BCUT2D eigenvalue weighted by molar-refractivity contribution is 0.252. The lowest BCUT2D eigenvalue weighted by atomic mass is 10.4. The largest absolute Gasteiger partial charge is 0.354 e. The van der Waals surface area contributed by atoms with Crippen LogP contribution in [-0.4, -0.2) is 18.0 Å². The van der Waals surface area contributed by atoms with Crippen LogP contribution in [0.2, 0.25) is 0 Å². The molecular weight excluding hydrogens is 132 g/mol. The van der Waals surface area contributed by atoms with Gasteiger partial charge in [0.25, 0.3) is 0 Å². The Hall–Kier alpha value is -1.26. The first kappa shape index (κ1) is 8.74. The Morgan fingerprint density at radius 1 is 1.60 bits per heavy atom. The van der Waals surface area contributed by atoms with Crippen molar-refractivity contribution in [3.05, 3.63) is 0 Å². The Bertz CT molecular complexity index is 143. The average molecular weight is 144 g/mol. The van der Waals surface area contributed by atoms with Gasteiger partial charge in [-0.25, -0.2) is 4.79 Å². The van der Waals surface area contributed by atoms with Gasteiger partial charge in [0.15, 0.2) is 5.96 Å². The molecule has 0 aliphatic heterocycles. The fraction of sp³-hybridized carbons (Fsp3) is 0.600. The molecule has 0 unspecified atom stereocenters. The third kappa shape index (κ3) is 4.89. The van der Waals surface area contributed by atoms with Crippen molar-refractivity contribution in [2.45, 2.75) is 19.9 Å². The predicted octanol–water partition coefficient (Wildman–Crippen LogP) is -0.413. The van der Waals surface area contributed by atoms with Crippen molar-refractivity contribution in [2.75, 3.05) is 0 Å². The summed E-state index contributed by atoms with van der Waals surface area (Å²) in [7, 11) is 0. The smallest absolute Gasteiger partial charge is 0.318 e. The monoisotopic (exact) mass is 144 g/mol. The Morgan fingerprint density at radius 2 is 2.10 bits per heavy atom. The fourth-order valence-electron chi connectivity index (χ4n) is 0.448. The molecule has 58 valence electrons. The van der Waals surface area contributed by atoms with E-state index < -0.39 is 6.03 Å². The van der Waals surface area contributed by atoms with E-state index in [2.05, 4.69) is 10.6 Å². The molecular formula is C5H12N4O. The van der Waals surface area contributed by atoms with Gasteiger partial charge in [0.05, 0.1) is 0 Å². The molecule has 0 spiro atoms. The van der Waals surface area contributed by atoms with Gasteiger partial charge in [-0.05, 0) is 13.8 Å². The number of guanidine groups is 1. The molecule has 5 heteroatoms. The van der Waals surface area contributed by atoms with E-state index in [-0.39, 0.29) is 12.0 Å². The first-order chi connectivity index (χ1) is 4.52. The van der Waals surface area contributed by atoms with E-state index >= 15 is 0 Å². The number of nitrogens with two attached hydrogens (primary N) is 1. The van der Waals surface area contributed by atoms with Crippen molar-refractivity contribution < 1.29 is 4.79 Å². The highest BCUT2D eigenvalue weighted by atomic mass is 16.2. The summed E-state index contributed by atoms with van der Waals surface area (Å²) in [6, 6.07) is -0.600. The molecule has 0 saturated carbocycles. The Morgan fingerprint density at radius 3 is 2.40 bits per heavy atom. The zero-order valence-corrected chi connectivity index (χ0v) is 6.06. The van der Waals surface area contributed by atoms with Crippen molar-refractivity contribution in [3.63, 3.8) is 0 Å². The summed E-state index contributed by atoms with van der Waals surface area (Å²) in [5.74, 6) is -0.0671. The molecule has 0 aromatic carbocycles. The lowest BCUT2D eigenvalue weighted by Gasteiger charge is -2.09. The van der Waals surface area contributed by atoms with Crippen LogP contribution in [0.1, 0.15) is 13.8 Å². The predicted molar refractivity (Wildman–Crippen MR) is 38.7 cm³/mol. The molecule has 0 rings (SSSR count). The maximum atomic E-state index is 10.1. The van der Waals surface area contributed by atoms with E-state index in [1.807, 2.05) is 13.8 Å². The highest BCUT2D eigenvalue weighted by molar-refractivity contribution is 5.93. The Kier molecular flexibility index (Phi) is 3.24. The summed E-state index contributed by atoms with van der Waals surface area (Å²) in [4.78, 5) is 10.1. The first-order valence-electron chi connectivity index (χ1n) is 2.94. The molecule has 0 bridgehead atoms. The Balaban J connectivity index is 3.54. The second-order valence-corrected chi connectivity index (χ2v) is 2.16. The van der Waals surface area contributed by atoms with Crippen molar-refractivity contribution in [1.82, 2.24) is 10.6 Å². The third-order valence-corrected chi connectivity index (χ3v) is 0.681. The number of urea groups is 1. The van der Waals surface area contributed by atoms with Crippen LogP contribution in [0.5, 0.6) is 0 Å². The number of hydrogen-bond donors (Lipinski definition) is 4. The third-order valence-electron chi connectivity index (χ3n) is 0.681. The summed E-state index contributed by atoms with van der Waals surface area (Å²) in [6.07, 6.45) is 0. The van der Waals surface area contributed by atoms with E-state index in [9.17, 15) is 4.79 Å². The van der Waals surface area contributed by atoms with Crippen LogP contribution in [0.15, 0.2) is 0 Å². The summed E-state index contributed by atoms with van der Waals surface area (Å²) in [6.45, 7) is 3.72. The van der Waals surface area contributed by atoms with Crippen LogP contribution in [-0.2, 0) is 0 Å². The molecule has 0 saturated heterocycles. The lowest BCUT2D eigenvalue weighted by Crippen LogP contribution is -2.45. The molecule has 10 heavy (non-hydrogen) atoms. The molecule has 0 heterocycles. The van der Waals surface area contributed by atoms with Gasteiger partial charge in [0, 0.05) is 6.04 Å². The molecule has 5 nitrogen and oxygen atoms in total. The second kappa shape index (κ2) is 3.71. The number of carbonyl (C=O) groups excluding carboxylic acids is 1. The second-order valence-electron chi connectivity index (χ2n) is 2.16. The molecule has 0 radical (unpaired) electrons. The zero-order chi connectivity index (χ0) is 8.15. The maximum Gasteiger partial charge on any atom is 0.318 e. The van der Waals surface area contributed by atoms with Crippen LogP contribution in [0.25, 0.3) is 0 Å². The van der Waals surface area contributed by atoms with Gasteiger partial charge in [-0.1, -0.05) is 0 Å². The maximum absolute atomic E-state index is 10.1. The van der Waals surface area contributed by atoms with Crippen LogP contribution in [0.3, 0.4) is 0 Å². The van der Waals surface area contributed by atoms with Gasteiger partial charge in [-0.2, -0.15) is 0 Å². The van der Waals surface area contributed by atoms with Crippen LogP contribution >= 0.6 is 0 Å². The van der Waals surface area contributed by atoms with Gasteiger partial charge in [0.1, 0.15) is 0 Å². The van der Waals surface area contributed by atoms with E-state index in [1.54, 1.807) is 0 Å². The van der Waals surface area contributed by atoms with Gasteiger partial charge >= 0.3 is 6.03 Å². The van der Waals surface area contributed by atoms with E-state index in [0.29, 0.717) is 0 Å². The van der Waals surface area contributed by atoms with Crippen molar-refractivity contribution >= 4 is 12.0 Å². The highest BCUT2D eigenvalue weighted by Crippen LogP contribution is 1.73. The number of rotatable bonds is 1. The summed E-state index contributed by atoms with van der Waals surface area (Å²) >= 11 is 0. The standard InChI is InChI=1S/C5H12N4O/c1-3(2)8-4(6)9-5(7)10/h3H,1-2H3,(H5,6,7,8,9,10). The number of hydrogen-bond acceptors (Lipinski definition) is 2. The topological polar surface area (TPSA) is 91.0 Å². The minimum atomic E-state index is -0.724. The van der Waals surface area contributed by atoms with Crippen LogP contribution in [0, 0.1) is 5.41 Å². The minimum Gasteiger partial charge on any atom is -0.354 e. The minimum absolute atomic E-state index is 0.0671. The zero-order valence-electron chi connectivity index (χ0n) is 6.06. The molecule has 5 N–H and O–H groups in total. The summed E-state index contributed by atoms with van der Waals surface area (Å²) in [5, 5.41) is 11.8. The van der Waals surface area contributed by atoms with Gasteiger partial charge < -0.3 is 11.1 Å². The van der Waals surface area contributed by atoms with Gasteiger partial charge in [-0.15, -0.1) is 0 Å². The van der Waals surface area contributed by atoms with E-state index in [0.717, 1.165) is 0 Å². The fourth-order valence-corrected chi connectivity index (χ4v) is 0.448. The number of carbonyl (C=O) groups is 1. The van der Waals surface area contributed by atoms with Gasteiger partial charge in [0.2, 0.25) is 0 Å². The highest BCUT2D eigenvalue weighted by Gasteiger charge is 1.98. The molecule has 0 aromatic rings. The summed E-state index contributed by atoms with van der Waals surface area (Å²) < 4.78 is 0. The van der Waals surface area contributed by atoms with Crippen molar-refractivity contribution in [1.29, 1.82) is 5.41 Å². The average Bonchev–Trinajstić information content (AvgIpc) is 1.58. The molecule has 0 aliphatic carbocycles. The molecule has 0 aliphatic rings. The molecule has 0 atom stereocenters. The number of nitrogens with one attached hydrogen (secondary N) is 3. The summed E-state index contributed by atoms with van der Waals surface area (Å²) in [5.41, 5.74) is 4.74.